The van der Waals surface area contributed by atoms with Gasteiger partial charge in [-0.1, -0.05) is 27.7 Å². The van der Waals surface area contributed by atoms with E-state index in [9.17, 15) is 4.79 Å². The Labute approximate surface area is 131 Å². The molecular formula is C15H15BrN2OS. The van der Waals surface area contributed by atoms with Gasteiger partial charge >= 0.3 is 0 Å². The van der Waals surface area contributed by atoms with E-state index in [-0.39, 0.29) is 5.91 Å². The number of nitrogen functional groups attached to an aromatic ring is 1. The summed E-state index contributed by atoms with van der Waals surface area (Å²) in [6, 6.07) is 13.3. The van der Waals surface area contributed by atoms with E-state index in [1.807, 2.05) is 37.3 Å². The first kappa shape index (κ1) is 14.9. The molecule has 0 aromatic heterocycles. The van der Waals surface area contributed by atoms with Crippen molar-refractivity contribution in [3.05, 3.63) is 52.5 Å². The first-order valence-electron chi connectivity index (χ1n) is 6.21. The lowest BCUT2D eigenvalue weighted by molar-refractivity contribution is 0.0953. The monoisotopic (exact) mass is 350 g/mol. The summed E-state index contributed by atoms with van der Waals surface area (Å²) >= 11 is 4.94. The molecular weight excluding hydrogens is 336 g/mol. The van der Waals surface area contributed by atoms with Gasteiger partial charge in [0.15, 0.2) is 0 Å². The number of halogens is 1. The second kappa shape index (κ2) is 6.81. The molecule has 104 valence electrons. The number of nitrogens with two attached hydrogens (primary N) is 1. The summed E-state index contributed by atoms with van der Waals surface area (Å²) < 4.78 is 1.03. The highest BCUT2D eigenvalue weighted by Crippen LogP contribution is 2.32. The summed E-state index contributed by atoms with van der Waals surface area (Å²) in [5.74, 6) is -0.0767. The van der Waals surface area contributed by atoms with Gasteiger partial charge in [-0.2, -0.15) is 0 Å². The third-order valence-corrected chi connectivity index (χ3v) is 4.22. The number of anilines is 1. The largest absolute Gasteiger partial charge is 0.399 e. The minimum atomic E-state index is -0.0767. The molecule has 0 radical (unpaired) electrons. The molecule has 0 fully saturated rings. The summed E-state index contributed by atoms with van der Waals surface area (Å²) in [5, 5.41) is 2.82. The van der Waals surface area contributed by atoms with Crippen LogP contribution in [0, 0.1) is 0 Å². The van der Waals surface area contributed by atoms with E-state index in [0.29, 0.717) is 17.8 Å². The fourth-order valence-electron chi connectivity index (χ4n) is 1.70. The number of nitrogens with one attached hydrogen (secondary N) is 1. The highest BCUT2D eigenvalue weighted by Gasteiger charge is 2.12. The molecule has 0 unspecified atom stereocenters. The van der Waals surface area contributed by atoms with Gasteiger partial charge in [0.1, 0.15) is 0 Å². The molecule has 0 spiro atoms. The lowest BCUT2D eigenvalue weighted by Crippen LogP contribution is -2.23. The van der Waals surface area contributed by atoms with Crippen LogP contribution < -0.4 is 11.1 Å². The van der Waals surface area contributed by atoms with Crippen LogP contribution in [-0.2, 0) is 0 Å². The fourth-order valence-corrected chi connectivity index (χ4v) is 2.95. The number of carbonyl (C=O) groups excluding carboxylic acids is 1. The van der Waals surface area contributed by atoms with Crippen LogP contribution in [0.1, 0.15) is 17.3 Å². The average molecular weight is 351 g/mol. The molecule has 2 aromatic rings. The second-order valence-corrected chi connectivity index (χ2v) is 6.20. The van der Waals surface area contributed by atoms with E-state index in [0.717, 1.165) is 14.3 Å². The maximum absolute atomic E-state index is 12.0. The highest BCUT2D eigenvalue weighted by molar-refractivity contribution is 9.10. The van der Waals surface area contributed by atoms with Crippen molar-refractivity contribution in [2.24, 2.45) is 0 Å². The molecule has 20 heavy (non-hydrogen) atoms. The van der Waals surface area contributed by atoms with Crippen LogP contribution in [0.25, 0.3) is 0 Å². The van der Waals surface area contributed by atoms with Crippen LogP contribution in [0.5, 0.6) is 0 Å². The molecule has 0 bridgehead atoms. The van der Waals surface area contributed by atoms with E-state index in [1.54, 1.807) is 12.1 Å². The number of amides is 1. The summed E-state index contributed by atoms with van der Waals surface area (Å²) in [5.41, 5.74) is 7.12. The molecule has 0 aliphatic heterocycles. The lowest BCUT2D eigenvalue weighted by atomic mass is 10.2. The Bertz CT molecular complexity index is 614. The van der Waals surface area contributed by atoms with E-state index in [4.69, 9.17) is 5.73 Å². The number of hydrogen-bond acceptors (Lipinski definition) is 3. The Hall–Kier alpha value is -1.46. The predicted molar refractivity (Wildman–Crippen MR) is 87.1 cm³/mol. The van der Waals surface area contributed by atoms with Gasteiger partial charge in [0.05, 0.1) is 5.56 Å². The van der Waals surface area contributed by atoms with Crippen molar-refractivity contribution in [3.63, 3.8) is 0 Å². The van der Waals surface area contributed by atoms with Crippen LogP contribution in [0.3, 0.4) is 0 Å². The Balaban J connectivity index is 2.31. The molecule has 0 saturated carbocycles. The summed E-state index contributed by atoms with van der Waals surface area (Å²) in [4.78, 5) is 14.0. The number of hydrogen-bond donors (Lipinski definition) is 2. The first-order chi connectivity index (χ1) is 9.60. The molecule has 3 nitrogen and oxygen atoms in total. The lowest BCUT2D eigenvalue weighted by Gasteiger charge is -2.10. The second-order valence-electron chi connectivity index (χ2n) is 4.17. The zero-order valence-electron chi connectivity index (χ0n) is 11.0. The van der Waals surface area contributed by atoms with Crippen molar-refractivity contribution >= 4 is 39.3 Å². The first-order valence-corrected chi connectivity index (χ1v) is 7.82. The van der Waals surface area contributed by atoms with Crippen molar-refractivity contribution in [1.82, 2.24) is 5.32 Å². The van der Waals surface area contributed by atoms with Gasteiger partial charge in [0.2, 0.25) is 0 Å². The maximum Gasteiger partial charge on any atom is 0.252 e. The smallest absolute Gasteiger partial charge is 0.252 e. The van der Waals surface area contributed by atoms with E-state index in [2.05, 4.69) is 21.2 Å². The van der Waals surface area contributed by atoms with Crippen LogP contribution in [-0.4, -0.2) is 12.5 Å². The molecule has 2 aromatic carbocycles. The van der Waals surface area contributed by atoms with Gasteiger partial charge < -0.3 is 11.1 Å². The zero-order chi connectivity index (χ0) is 14.5. The van der Waals surface area contributed by atoms with Crippen molar-refractivity contribution < 1.29 is 4.79 Å². The Morgan fingerprint density at radius 1 is 1.25 bits per heavy atom. The molecule has 0 aliphatic rings. The topological polar surface area (TPSA) is 55.1 Å². The molecule has 1 amide bonds. The predicted octanol–water partition coefficient (Wildman–Crippen LogP) is 3.93. The van der Waals surface area contributed by atoms with E-state index >= 15 is 0 Å². The number of carbonyl (C=O) groups is 1. The quantitative estimate of drug-likeness (QED) is 0.821. The van der Waals surface area contributed by atoms with E-state index in [1.165, 1.54) is 11.8 Å². The van der Waals surface area contributed by atoms with Crippen molar-refractivity contribution in [2.45, 2.75) is 16.7 Å². The van der Waals surface area contributed by atoms with Gasteiger partial charge in [-0.05, 0) is 49.4 Å². The van der Waals surface area contributed by atoms with Crippen molar-refractivity contribution in [2.75, 3.05) is 12.3 Å². The van der Waals surface area contributed by atoms with Crippen LogP contribution in [0.15, 0.2) is 56.7 Å². The number of rotatable bonds is 4. The minimum Gasteiger partial charge on any atom is -0.399 e. The Morgan fingerprint density at radius 2 is 1.95 bits per heavy atom. The third kappa shape index (κ3) is 3.77. The zero-order valence-corrected chi connectivity index (χ0v) is 13.4. The maximum atomic E-state index is 12.0. The highest BCUT2D eigenvalue weighted by atomic mass is 79.9. The molecule has 3 N–H and O–H groups in total. The molecule has 0 atom stereocenters. The normalized spacial score (nSPS) is 10.3. The average Bonchev–Trinajstić information content (AvgIpc) is 2.42. The fraction of sp³-hybridized carbons (Fsp3) is 0.133. The van der Waals surface area contributed by atoms with Crippen LogP contribution in [0.2, 0.25) is 0 Å². The summed E-state index contributed by atoms with van der Waals surface area (Å²) in [6.45, 7) is 2.50. The summed E-state index contributed by atoms with van der Waals surface area (Å²) in [7, 11) is 0. The molecule has 0 saturated heterocycles. The Kier molecular flexibility index (Phi) is 5.09. The van der Waals surface area contributed by atoms with Gasteiger partial charge in [-0.25, -0.2) is 0 Å². The minimum absolute atomic E-state index is 0.0767. The standard InChI is InChI=1S/C15H15BrN2OS/c1-2-18-15(19)13-8-5-11(17)9-14(13)20-12-6-3-10(16)4-7-12/h3-9H,2,17H2,1H3,(H,18,19). The molecule has 2 rings (SSSR count). The number of benzene rings is 2. The third-order valence-electron chi connectivity index (χ3n) is 2.63. The molecule has 5 heteroatoms. The SMILES string of the molecule is CCNC(=O)c1ccc(N)cc1Sc1ccc(Br)cc1. The summed E-state index contributed by atoms with van der Waals surface area (Å²) in [6.07, 6.45) is 0. The van der Waals surface area contributed by atoms with Gasteiger partial charge in [0, 0.05) is 26.5 Å². The van der Waals surface area contributed by atoms with Crippen LogP contribution >= 0.6 is 27.7 Å². The van der Waals surface area contributed by atoms with Crippen molar-refractivity contribution in [1.29, 1.82) is 0 Å². The Morgan fingerprint density at radius 3 is 2.60 bits per heavy atom. The van der Waals surface area contributed by atoms with Gasteiger partial charge in [-0.3, -0.25) is 4.79 Å². The van der Waals surface area contributed by atoms with Gasteiger partial charge in [0.25, 0.3) is 5.91 Å². The molecule has 0 aliphatic carbocycles. The van der Waals surface area contributed by atoms with Gasteiger partial charge in [-0.15, -0.1) is 0 Å². The molecule has 0 heterocycles. The van der Waals surface area contributed by atoms with Crippen LogP contribution in [0.4, 0.5) is 5.69 Å². The van der Waals surface area contributed by atoms with E-state index < -0.39 is 0 Å². The van der Waals surface area contributed by atoms with Crippen molar-refractivity contribution in [3.8, 4) is 0 Å².